The molecule has 3 heterocycles. The first-order valence-electron chi connectivity index (χ1n) is 7.55. The van der Waals surface area contributed by atoms with E-state index < -0.39 is 11.7 Å². The van der Waals surface area contributed by atoms with Gasteiger partial charge in [-0.15, -0.1) is 0 Å². The molecule has 0 saturated carbocycles. The highest BCUT2D eigenvalue weighted by Crippen LogP contribution is 2.32. The predicted octanol–water partition coefficient (Wildman–Crippen LogP) is 3.07. The van der Waals surface area contributed by atoms with Crippen molar-refractivity contribution in [3.8, 4) is 0 Å². The number of aromatic nitrogens is 1. The van der Waals surface area contributed by atoms with Crippen molar-refractivity contribution in [3.05, 3.63) is 23.9 Å². The highest BCUT2D eigenvalue weighted by Gasteiger charge is 2.32. The van der Waals surface area contributed by atoms with Gasteiger partial charge in [-0.2, -0.15) is 13.2 Å². The van der Waals surface area contributed by atoms with E-state index in [0.717, 1.165) is 44.6 Å². The number of alkyl halides is 3. The van der Waals surface area contributed by atoms with Gasteiger partial charge in [-0.25, -0.2) is 4.98 Å². The Kier molecular flexibility index (Phi) is 4.06. The molecule has 116 valence electrons. The molecule has 0 bridgehead atoms. The average molecular weight is 299 g/mol. The van der Waals surface area contributed by atoms with Gasteiger partial charge >= 0.3 is 6.18 Å². The van der Waals surface area contributed by atoms with Gasteiger partial charge in [0.25, 0.3) is 0 Å². The molecule has 0 radical (unpaired) electrons. The minimum Gasteiger partial charge on any atom is -0.357 e. The summed E-state index contributed by atoms with van der Waals surface area (Å²) in [6.07, 6.45) is 1.46. The molecule has 21 heavy (non-hydrogen) atoms. The molecule has 1 aromatic heterocycles. The minimum atomic E-state index is -4.30. The molecule has 0 amide bonds. The third kappa shape index (κ3) is 3.31. The number of nitrogens with zero attached hydrogens (tertiary/aromatic N) is 2. The van der Waals surface area contributed by atoms with Crippen molar-refractivity contribution in [1.29, 1.82) is 0 Å². The van der Waals surface area contributed by atoms with Crippen LogP contribution in [-0.4, -0.2) is 30.7 Å². The SMILES string of the molecule is FC(F)(F)c1ccnc(N2CCC(C3CCCN3)CC2)c1. The number of hydrogen-bond donors (Lipinski definition) is 1. The maximum Gasteiger partial charge on any atom is 0.416 e. The maximum atomic E-state index is 12.7. The maximum absolute atomic E-state index is 12.7. The van der Waals surface area contributed by atoms with Gasteiger partial charge in [-0.05, 0) is 50.3 Å². The molecule has 0 spiro atoms. The van der Waals surface area contributed by atoms with E-state index in [-0.39, 0.29) is 0 Å². The number of anilines is 1. The Hall–Kier alpha value is -1.30. The van der Waals surface area contributed by atoms with Crippen LogP contribution in [-0.2, 0) is 6.18 Å². The van der Waals surface area contributed by atoms with Crippen LogP contribution in [0.5, 0.6) is 0 Å². The van der Waals surface area contributed by atoms with Crippen molar-refractivity contribution in [2.45, 2.75) is 37.9 Å². The van der Waals surface area contributed by atoms with Gasteiger partial charge in [0.05, 0.1) is 5.56 Å². The van der Waals surface area contributed by atoms with E-state index in [0.29, 0.717) is 17.8 Å². The predicted molar refractivity (Wildman–Crippen MR) is 75.2 cm³/mol. The molecule has 0 aliphatic carbocycles. The Morgan fingerprint density at radius 1 is 1.19 bits per heavy atom. The van der Waals surface area contributed by atoms with Gasteiger partial charge in [0, 0.05) is 25.3 Å². The summed E-state index contributed by atoms with van der Waals surface area (Å²) in [4.78, 5) is 6.08. The number of hydrogen-bond acceptors (Lipinski definition) is 3. The highest BCUT2D eigenvalue weighted by atomic mass is 19.4. The zero-order valence-corrected chi connectivity index (χ0v) is 11.9. The highest BCUT2D eigenvalue weighted by molar-refractivity contribution is 5.42. The monoisotopic (exact) mass is 299 g/mol. The van der Waals surface area contributed by atoms with Crippen molar-refractivity contribution < 1.29 is 13.2 Å². The van der Waals surface area contributed by atoms with Crippen molar-refractivity contribution in [2.75, 3.05) is 24.5 Å². The summed E-state index contributed by atoms with van der Waals surface area (Å²) >= 11 is 0. The largest absolute Gasteiger partial charge is 0.416 e. The summed E-state index contributed by atoms with van der Waals surface area (Å²) in [5.41, 5.74) is -0.618. The van der Waals surface area contributed by atoms with Gasteiger partial charge in [0.15, 0.2) is 0 Å². The fraction of sp³-hybridized carbons (Fsp3) is 0.667. The van der Waals surface area contributed by atoms with Gasteiger partial charge in [-0.3, -0.25) is 0 Å². The van der Waals surface area contributed by atoms with Gasteiger partial charge < -0.3 is 10.2 Å². The van der Waals surface area contributed by atoms with Crippen LogP contribution in [0.2, 0.25) is 0 Å². The van der Waals surface area contributed by atoms with Gasteiger partial charge in [0.1, 0.15) is 5.82 Å². The normalized spacial score (nSPS) is 24.5. The third-order valence-electron chi connectivity index (χ3n) is 4.60. The fourth-order valence-electron chi connectivity index (χ4n) is 3.41. The fourth-order valence-corrected chi connectivity index (χ4v) is 3.41. The summed E-state index contributed by atoms with van der Waals surface area (Å²) in [6.45, 7) is 2.67. The van der Waals surface area contributed by atoms with Gasteiger partial charge in [-0.1, -0.05) is 0 Å². The third-order valence-corrected chi connectivity index (χ3v) is 4.60. The second-order valence-electron chi connectivity index (χ2n) is 5.93. The molecule has 2 fully saturated rings. The Morgan fingerprint density at radius 2 is 1.95 bits per heavy atom. The number of rotatable bonds is 2. The first-order chi connectivity index (χ1) is 10.0. The van der Waals surface area contributed by atoms with E-state index in [1.54, 1.807) is 0 Å². The van der Waals surface area contributed by atoms with Crippen molar-refractivity contribution in [1.82, 2.24) is 10.3 Å². The molecular weight excluding hydrogens is 279 g/mol. The first-order valence-corrected chi connectivity index (χ1v) is 7.55. The molecule has 3 rings (SSSR count). The number of halogens is 3. The second-order valence-corrected chi connectivity index (χ2v) is 5.93. The molecule has 3 nitrogen and oxygen atoms in total. The molecule has 1 aromatic rings. The van der Waals surface area contributed by atoms with E-state index in [1.165, 1.54) is 19.0 Å². The Balaban J connectivity index is 1.64. The van der Waals surface area contributed by atoms with Crippen LogP contribution >= 0.6 is 0 Å². The summed E-state index contributed by atoms with van der Waals surface area (Å²) in [6, 6.07) is 2.79. The molecule has 1 N–H and O–H groups in total. The first kappa shape index (κ1) is 14.6. The summed E-state index contributed by atoms with van der Waals surface area (Å²) < 4.78 is 38.2. The number of nitrogens with one attached hydrogen (secondary N) is 1. The van der Waals surface area contributed by atoms with E-state index in [1.807, 2.05) is 4.90 Å². The smallest absolute Gasteiger partial charge is 0.357 e. The van der Waals surface area contributed by atoms with E-state index in [4.69, 9.17) is 0 Å². The van der Waals surface area contributed by atoms with E-state index in [2.05, 4.69) is 10.3 Å². The molecule has 1 unspecified atom stereocenters. The van der Waals surface area contributed by atoms with Crippen molar-refractivity contribution in [3.63, 3.8) is 0 Å². The van der Waals surface area contributed by atoms with E-state index >= 15 is 0 Å². The number of piperidine rings is 1. The lowest BCUT2D eigenvalue weighted by molar-refractivity contribution is -0.137. The van der Waals surface area contributed by atoms with E-state index in [9.17, 15) is 13.2 Å². The molecule has 2 saturated heterocycles. The van der Waals surface area contributed by atoms with Crippen molar-refractivity contribution in [2.24, 2.45) is 5.92 Å². The van der Waals surface area contributed by atoms with Crippen molar-refractivity contribution >= 4 is 5.82 Å². The minimum absolute atomic E-state index is 0.447. The van der Waals surface area contributed by atoms with Gasteiger partial charge in [0.2, 0.25) is 0 Å². The Labute approximate surface area is 122 Å². The Bertz CT molecular complexity index is 475. The topological polar surface area (TPSA) is 28.2 Å². The van der Waals surface area contributed by atoms with Crippen LogP contribution in [0.15, 0.2) is 18.3 Å². The summed E-state index contributed by atoms with van der Waals surface area (Å²) in [5.74, 6) is 1.09. The lowest BCUT2D eigenvalue weighted by atomic mass is 9.88. The lowest BCUT2D eigenvalue weighted by Gasteiger charge is -2.35. The Morgan fingerprint density at radius 3 is 2.57 bits per heavy atom. The molecule has 0 aromatic carbocycles. The second kappa shape index (κ2) is 5.83. The van der Waals surface area contributed by atoms with Crippen LogP contribution < -0.4 is 10.2 Å². The average Bonchev–Trinajstić information content (AvgIpc) is 3.01. The molecule has 2 aliphatic heterocycles. The van der Waals surface area contributed by atoms with Crippen LogP contribution in [0, 0.1) is 5.92 Å². The van der Waals surface area contributed by atoms with Crippen LogP contribution in [0.4, 0.5) is 19.0 Å². The lowest BCUT2D eigenvalue weighted by Crippen LogP contribution is -2.41. The molecule has 6 heteroatoms. The zero-order valence-electron chi connectivity index (χ0n) is 11.9. The molecular formula is C15H20F3N3. The summed E-state index contributed by atoms with van der Waals surface area (Å²) in [7, 11) is 0. The quantitative estimate of drug-likeness (QED) is 0.909. The van der Waals surface area contributed by atoms with Crippen LogP contribution in [0.1, 0.15) is 31.2 Å². The zero-order chi connectivity index (χ0) is 14.9. The standard InChI is InChI=1S/C15H20F3N3/c16-15(17,18)12-3-7-20-14(10-12)21-8-4-11(5-9-21)13-2-1-6-19-13/h3,7,10-11,13,19H,1-2,4-6,8-9H2. The van der Waals surface area contributed by atoms with Crippen LogP contribution in [0.25, 0.3) is 0 Å². The molecule has 2 aliphatic rings. The summed E-state index contributed by atoms with van der Waals surface area (Å²) in [5, 5.41) is 3.53. The number of pyridine rings is 1. The molecule has 1 atom stereocenters. The van der Waals surface area contributed by atoms with Crippen LogP contribution in [0.3, 0.4) is 0 Å².